The van der Waals surface area contributed by atoms with E-state index in [4.69, 9.17) is 0 Å². The van der Waals surface area contributed by atoms with Crippen molar-refractivity contribution in [2.45, 2.75) is 37.3 Å². The minimum absolute atomic E-state index is 0.0399. The average Bonchev–Trinajstić information content (AvgIpc) is 3.03. The Morgan fingerprint density at radius 3 is 2.58 bits per heavy atom. The van der Waals surface area contributed by atoms with Crippen LogP contribution in [-0.2, 0) is 11.8 Å². The number of aryl methyl sites for hydroxylation is 1. The number of hydrogen-bond acceptors (Lipinski definition) is 5. The second kappa shape index (κ2) is 8.43. The van der Waals surface area contributed by atoms with E-state index in [1.54, 1.807) is 10.9 Å². The second-order valence-corrected chi connectivity index (χ2v) is 8.02. The van der Waals surface area contributed by atoms with Gasteiger partial charge in [-0.25, -0.2) is 0 Å². The summed E-state index contributed by atoms with van der Waals surface area (Å²) in [6.45, 7) is 6.30. The van der Waals surface area contributed by atoms with Crippen LogP contribution < -0.4 is 0 Å². The Hall–Kier alpha value is -1.54. The van der Waals surface area contributed by atoms with Gasteiger partial charge in [0.2, 0.25) is 5.91 Å². The molecule has 144 valence electrons. The Morgan fingerprint density at radius 1 is 1.19 bits per heavy atom. The summed E-state index contributed by atoms with van der Waals surface area (Å²) in [6.07, 6.45) is 7.17. The number of rotatable bonds is 4. The van der Waals surface area contributed by atoms with Crippen LogP contribution in [0.25, 0.3) is 0 Å². The molecule has 1 unspecified atom stereocenters. The fourth-order valence-electron chi connectivity index (χ4n) is 3.80. The first-order valence-electron chi connectivity index (χ1n) is 9.38. The molecule has 0 aliphatic carbocycles. The quantitative estimate of drug-likeness (QED) is 0.738. The Balaban J connectivity index is 1.52. The minimum atomic E-state index is 0.0399. The fraction of sp³-hybridized carbons (Fsp3) is 0.722. The van der Waals surface area contributed by atoms with Crippen LogP contribution in [0, 0.1) is 0 Å². The molecule has 2 aliphatic rings. The van der Waals surface area contributed by atoms with Gasteiger partial charge in [-0.3, -0.25) is 19.2 Å². The first-order valence-corrected chi connectivity index (χ1v) is 10.6. The fourth-order valence-corrected chi connectivity index (χ4v) is 4.37. The van der Waals surface area contributed by atoms with Crippen LogP contribution in [0.2, 0.25) is 0 Å². The van der Waals surface area contributed by atoms with Crippen LogP contribution >= 0.6 is 11.8 Å². The Kier molecular flexibility index (Phi) is 6.24. The number of nitrogens with zero attached hydrogens (tertiary/aromatic N) is 5. The van der Waals surface area contributed by atoms with Crippen molar-refractivity contribution in [2.24, 2.45) is 7.05 Å². The molecule has 2 aliphatic heterocycles. The van der Waals surface area contributed by atoms with Gasteiger partial charge in [-0.1, -0.05) is 0 Å². The van der Waals surface area contributed by atoms with E-state index in [1.807, 2.05) is 23.1 Å². The van der Waals surface area contributed by atoms with Crippen LogP contribution in [0.4, 0.5) is 0 Å². The number of hydrogen-bond donors (Lipinski definition) is 0. The number of carbonyl (C=O) groups excluding carboxylic acids is 2. The lowest BCUT2D eigenvalue weighted by molar-refractivity contribution is -0.136. The Labute approximate surface area is 159 Å². The van der Waals surface area contributed by atoms with Crippen molar-refractivity contribution in [3.8, 4) is 0 Å². The van der Waals surface area contributed by atoms with Crippen molar-refractivity contribution in [1.82, 2.24) is 24.5 Å². The maximum Gasteiger partial charge on any atom is 0.258 e. The van der Waals surface area contributed by atoms with Gasteiger partial charge in [-0.2, -0.15) is 5.10 Å². The molecule has 0 N–H and O–H groups in total. The lowest BCUT2D eigenvalue weighted by atomic mass is 10.0. The Morgan fingerprint density at radius 2 is 1.92 bits per heavy atom. The summed E-state index contributed by atoms with van der Waals surface area (Å²) in [5.41, 5.74) is 0.673. The van der Waals surface area contributed by atoms with Crippen molar-refractivity contribution in [2.75, 3.05) is 45.5 Å². The molecule has 0 bridgehead atoms. The molecule has 0 spiro atoms. The number of thioether (sulfide) groups is 1. The van der Waals surface area contributed by atoms with E-state index >= 15 is 0 Å². The summed E-state index contributed by atoms with van der Waals surface area (Å²) in [7, 11) is 1.83. The number of carbonyl (C=O) groups is 2. The summed E-state index contributed by atoms with van der Waals surface area (Å²) in [5, 5.41) is 5.10. The molecule has 8 heteroatoms. The van der Waals surface area contributed by atoms with Crippen LogP contribution in [-0.4, -0.2) is 87.9 Å². The van der Waals surface area contributed by atoms with Crippen LogP contribution in [0.3, 0.4) is 0 Å². The molecule has 0 saturated carbocycles. The molecule has 2 amide bonds. The molecule has 3 heterocycles. The summed E-state index contributed by atoms with van der Waals surface area (Å²) in [4.78, 5) is 31.4. The number of amides is 2. The maximum atomic E-state index is 12.8. The second-order valence-electron chi connectivity index (χ2n) is 7.23. The molecule has 1 atom stereocenters. The van der Waals surface area contributed by atoms with E-state index in [1.165, 1.54) is 18.2 Å². The van der Waals surface area contributed by atoms with Gasteiger partial charge < -0.3 is 9.80 Å². The molecule has 7 nitrogen and oxygen atoms in total. The maximum absolute atomic E-state index is 12.8. The molecule has 26 heavy (non-hydrogen) atoms. The monoisotopic (exact) mass is 379 g/mol. The Bertz CT molecular complexity index is 654. The van der Waals surface area contributed by atoms with Crippen molar-refractivity contribution in [1.29, 1.82) is 0 Å². The molecule has 2 fully saturated rings. The smallest absolute Gasteiger partial charge is 0.258 e. The summed E-state index contributed by atoms with van der Waals surface area (Å²) >= 11 is 1.49. The van der Waals surface area contributed by atoms with Gasteiger partial charge in [0.05, 0.1) is 12.1 Å². The lowest BCUT2D eigenvalue weighted by Gasteiger charge is -2.38. The largest absolute Gasteiger partial charge is 0.339 e. The van der Waals surface area contributed by atoms with Crippen LogP contribution in [0.1, 0.15) is 36.5 Å². The van der Waals surface area contributed by atoms with E-state index in [-0.39, 0.29) is 11.8 Å². The van der Waals surface area contributed by atoms with Crippen LogP contribution in [0.5, 0.6) is 0 Å². The number of aromatic nitrogens is 2. The van der Waals surface area contributed by atoms with E-state index in [9.17, 15) is 9.59 Å². The molecule has 2 saturated heterocycles. The third kappa shape index (κ3) is 4.23. The van der Waals surface area contributed by atoms with Gasteiger partial charge in [0.15, 0.2) is 0 Å². The highest BCUT2D eigenvalue weighted by Gasteiger charge is 2.28. The molecular weight excluding hydrogens is 350 g/mol. The summed E-state index contributed by atoms with van der Waals surface area (Å²) in [5.74, 6) is 0.270. The van der Waals surface area contributed by atoms with E-state index in [2.05, 4.69) is 16.9 Å². The first kappa shape index (κ1) is 19.2. The van der Waals surface area contributed by atoms with Crippen molar-refractivity contribution >= 4 is 23.6 Å². The average molecular weight is 380 g/mol. The topological polar surface area (TPSA) is 61.7 Å². The first-order chi connectivity index (χ1) is 12.5. The lowest BCUT2D eigenvalue weighted by Crippen LogP contribution is -2.53. The standard InChI is InChI=1S/C18H29N5O2S/c1-14-6-4-5-7-23(14)16(24)13-21-8-10-22(11-9-21)18(25)15-12-20(2)19-17(15)26-3/h12,14H,4-11,13H2,1-3H3. The van der Waals surface area contributed by atoms with Gasteiger partial charge >= 0.3 is 0 Å². The van der Waals surface area contributed by atoms with Crippen molar-refractivity contribution in [3.05, 3.63) is 11.8 Å². The van der Waals surface area contributed by atoms with Gasteiger partial charge in [0, 0.05) is 52.0 Å². The zero-order valence-corrected chi connectivity index (χ0v) is 16.8. The molecule has 0 radical (unpaired) electrons. The highest BCUT2D eigenvalue weighted by atomic mass is 32.2. The van der Waals surface area contributed by atoms with Crippen molar-refractivity contribution < 1.29 is 9.59 Å². The van der Waals surface area contributed by atoms with E-state index < -0.39 is 0 Å². The van der Waals surface area contributed by atoms with E-state index in [0.717, 1.165) is 37.5 Å². The number of likely N-dealkylation sites (tertiary alicyclic amines) is 1. The molecular formula is C18H29N5O2S. The number of piperazine rings is 1. The molecule has 0 aromatic carbocycles. The zero-order valence-electron chi connectivity index (χ0n) is 16.0. The molecule has 1 aromatic heterocycles. The SMILES string of the molecule is CSc1nn(C)cc1C(=O)N1CCN(CC(=O)N2CCCCC2C)CC1. The van der Waals surface area contributed by atoms with Gasteiger partial charge in [0.1, 0.15) is 5.03 Å². The molecule has 3 rings (SSSR count). The highest BCUT2D eigenvalue weighted by molar-refractivity contribution is 7.98. The molecule has 1 aromatic rings. The highest BCUT2D eigenvalue weighted by Crippen LogP contribution is 2.21. The van der Waals surface area contributed by atoms with Gasteiger partial charge in [-0.05, 0) is 32.4 Å². The predicted octanol–water partition coefficient (Wildman–Crippen LogP) is 1.30. The van der Waals surface area contributed by atoms with Gasteiger partial charge in [-0.15, -0.1) is 11.8 Å². The number of piperidine rings is 1. The van der Waals surface area contributed by atoms with E-state index in [0.29, 0.717) is 31.2 Å². The predicted molar refractivity (Wildman–Crippen MR) is 102 cm³/mol. The summed E-state index contributed by atoms with van der Waals surface area (Å²) in [6, 6.07) is 0.356. The third-order valence-electron chi connectivity index (χ3n) is 5.36. The van der Waals surface area contributed by atoms with Crippen molar-refractivity contribution in [3.63, 3.8) is 0 Å². The zero-order chi connectivity index (χ0) is 18.7. The van der Waals surface area contributed by atoms with Gasteiger partial charge in [0.25, 0.3) is 5.91 Å². The van der Waals surface area contributed by atoms with Crippen LogP contribution in [0.15, 0.2) is 11.2 Å². The summed E-state index contributed by atoms with van der Waals surface area (Å²) < 4.78 is 1.69. The normalized spacial score (nSPS) is 21.9. The third-order valence-corrected chi connectivity index (χ3v) is 6.05. The minimum Gasteiger partial charge on any atom is -0.339 e.